The van der Waals surface area contributed by atoms with Gasteiger partial charge in [0, 0.05) is 36.1 Å². The predicted octanol–water partition coefficient (Wildman–Crippen LogP) is 3.15. The summed E-state index contributed by atoms with van der Waals surface area (Å²) in [5.41, 5.74) is 14.1. The van der Waals surface area contributed by atoms with Crippen molar-refractivity contribution in [3.8, 4) is 17.5 Å². The zero-order chi connectivity index (χ0) is 28.1. The molecular formula is C30H24N8O2. The summed E-state index contributed by atoms with van der Waals surface area (Å²) in [4.78, 5) is 37.0. The first kappa shape index (κ1) is 25.8. The molecule has 0 atom stereocenters. The third kappa shape index (κ3) is 5.12. The molecule has 6 rings (SSSR count). The van der Waals surface area contributed by atoms with E-state index in [0.717, 1.165) is 17.1 Å². The molecule has 0 aliphatic rings. The molecule has 4 aromatic heterocycles. The number of amides is 1. The van der Waals surface area contributed by atoms with E-state index in [1.54, 1.807) is 29.1 Å². The highest BCUT2D eigenvalue weighted by Gasteiger charge is 2.15. The molecule has 0 fully saturated rings. The second-order valence-electron chi connectivity index (χ2n) is 8.55. The first-order valence-electron chi connectivity index (χ1n) is 12.4. The molecule has 40 heavy (non-hydrogen) atoms. The van der Waals surface area contributed by atoms with Gasteiger partial charge in [0.2, 0.25) is 0 Å². The Kier molecular flexibility index (Phi) is 7.28. The van der Waals surface area contributed by atoms with Crippen LogP contribution in [-0.2, 0) is 6.42 Å². The maximum atomic E-state index is 13.4. The summed E-state index contributed by atoms with van der Waals surface area (Å²) in [5.74, 6) is 6.43. The maximum absolute atomic E-state index is 13.4. The highest BCUT2D eigenvalue weighted by atomic mass is 16.1. The lowest BCUT2D eigenvalue weighted by atomic mass is 10.1. The van der Waals surface area contributed by atoms with Gasteiger partial charge in [0.05, 0.1) is 16.6 Å². The van der Waals surface area contributed by atoms with Crippen LogP contribution in [0.5, 0.6) is 0 Å². The number of primary amides is 1. The van der Waals surface area contributed by atoms with Crippen molar-refractivity contribution in [2.75, 3.05) is 5.73 Å². The maximum Gasteiger partial charge on any atom is 0.271 e. The van der Waals surface area contributed by atoms with E-state index < -0.39 is 5.91 Å². The minimum absolute atomic E-state index is 0.0947. The quantitative estimate of drug-likeness (QED) is 0.335. The number of hydrogen-bond donors (Lipinski definition) is 2. The Balaban J connectivity index is 0.000000207. The average Bonchev–Trinajstić information content (AvgIpc) is 3.33. The lowest BCUT2D eigenvalue weighted by molar-refractivity contribution is 0.0994. The summed E-state index contributed by atoms with van der Waals surface area (Å²) < 4.78 is 3.00. The number of aryl methyl sites for hydroxylation is 1. The summed E-state index contributed by atoms with van der Waals surface area (Å²) in [6.07, 6.45) is 5.59. The van der Waals surface area contributed by atoms with E-state index in [4.69, 9.17) is 16.5 Å². The van der Waals surface area contributed by atoms with E-state index in [9.17, 15) is 9.59 Å². The zero-order valence-electron chi connectivity index (χ0n) is 21.5. The third-order valence-corrected chi connectivity index (χ3v) is 5.97. The van der Waals surface area contributed by atoms with Gasteiger partial charge in [0.15, 0.2) is 17.2 Å². The molecule has 0 radical (unpaired) electrons. The number of pyridine rings is 1. The smallest absolute Gasteiger partial charge is 0.271 e. The Bertz CT molecular complexity index is 1950. The molecule has 0 unspecified atom stereocenters. The van der Waals surface area contributed by atoms with Crippen LogP contribution in [0.2, 0.25) is 0 Å². The van der Waals surface area contributed by atoms with E-state index in [-0.39, 0.29) is 17.1 Å². The van der Waals surface area contributed by atoms with Gasteiger partial charge < -0.3 is 11.5 Å². The molecule has 0 saturated carbocycles. The molecule has 10 nitrogen and oxygen atoms in total. The molecular weight excluding hydrogens is 504 g/mol. The van der Waals surface area contributed by atoms with Crippen LogP contribution < -0.4 is 17.0 Å². The molecule has 6 aromatic rings. The van der Waals surface area contributed by atoms with Crippen LogP contribution in [0.3, 0.4) is 0 Å². The number of hydrogen-bond acceptors (Lipinski definition) is 7. The SMILES string of the molecule is CCc1nc2cccc(C#Cc3ccncc3)c2c(=O)n1-c1ccccc1.NC(=O)c1c(N)nc2cccnn12. The summed E-state index contributed by atoms with van der Waals surface area (Å²) in [5, 5.41) is 4.44. The van der Waals surface area contributed by atoms with Crippen molar-refractivity contribution in [2.24, 2.45) is 5.73 Å². The number of nitrogen functional groups attached to an aromatic ring is 1. The Morgan fingerprint density at radius 3 is 2.40 bits per heavy atom. The fourth-order valence-corrected chi connectivity index (χ4v) is 4.17. The number of nitrogens with two attached hydrogens (primary N) is 2. The van der Waals surface area contributed by atoms with E-state index in [2.05, 4.69) is 26.9 Å². The highest BCUT2D eigenvalue weighted by Crippen LogP contribution is 2.17. The molecule has 1 amide bonds. The number of anilines is 1. The Labute approximate surface area is 229 Å². The zero-order valence-corrected chi connectivity index (χ0v) is 21.5. The highest BCUT2D eigenvalue weighted by molar-refractivity contribution is 5.96. The van der Waals surface area contributed by atoms with Crippen LogP contribution in [0, 0.1) is 11.8 Å². The number of aromatic nitrogens is 6. The minimum Gasteiger partial charge on any atom is -0.382 e. The van der Waals surface area contributed by atoms with E-state index in [1.165, 1.54) is 10.7 Å². The fourth-order valence-electron chi connectivity index (χ4n) is 4.17. The number of nitrogens with zero attached hydrogens (tertiary/aromatic N) is 6. The van der Waals surface area contributed by atoms with E-state index >= 15 is 0 Å². The molecule has 0 aliphatic carbocycles. The average molecular weight is 529 g/mol. The van der Waals surface area contributed by atoms with Crippen LogP contribution in [0.1, 0.15) is 34.4 Å². The fraction of sp³-hybridized carbons (Fsp3) is 0.0667. The van der Waals surface area contributed by atoms with Crippen LogP contribution in [0.15, 0.2) is 96.2 Å². The van der Waals surface area contributed by atoms with Crippen molar-refractivity contribution in [3.05, 3.63) is 124 Å². The summed E-state index contributed by atoms with van der Waals surface area (Å²) in [7, 11) is 0. The summed E-state index contributed by atoms with van der Waals surface area (Å²) >= 11 is 0. The molecule has 10 heteroatoms. The second kappa shape index (κ2) is 11.3. The molecule has 0 aliphatic heterocycles. The number of benzene rings is 2. The second-order valence-corrected chi connectivity index (χ2v) is 8.55. The summed E-state index contributed by atoms with van der Waals surface area (Å²) in [6, 6.07) is 22.3. The molecule has 0 spiro atoms. The van der Waals surface area contributed by atoms with Crippen molar-refractivity contribution in [1.29, 1.82) is 0 Å². The lowest BCUT2D eigenvalue weighted by Crippen LogP contribution is -2.24. The standard InChI is InChI=1S/C23H17N3O.C7H7N5O/c1-2-21-25-20-10-6-7-18(12-11-17-13-15-24-16-14-17)22(20)23(27)26(21)19-8-4-3-5-9-19;8-6-5(7(9)13)12-4(11-6)2-1-3-10-12/h3-10,13-16H,2H2,1H3;1-3H,8H2,(H2,9,13). The molecule has 196 valence electrons. The Hall–Kier alpha value is -5.82. The first-order valence-corrected chi connectivity index (χ1v) is 12.4. The van der Waals surface area contributed by atoms with Crippen LogP contribution in [-0.4, -0.2) is 35.0 Å². The third-order valence-electron chi connectivity index (χ3n) is 5.97. The number of carbonyl (C=O) groups excluding carboxylic acids is 1. The Morgan fingerprint density at radius 1 is 0.900 bits per heavy atom. The molecule has 4 heterocycles. The molecule has 2 aromatic carbocycles. The van der Waals surface area contributed by atoms with Crippen molar-refractivity contribution in [1.82, 2.24) is 29.1 Å². The monoisotopic (exact) mass is 528 g/mol. The van der Waals surface area contributed by atoms with Crippen LogP contribution in [0.25, 0.3) is 22.2 Å². The number of fused-ring (bicyclic) bond motifs is 2. The lowest BCUT2D eigenvalue weighted by Gasteiger charge is -2.13. The minimum atomic E-state index is -0.635. The van der Waals surface area contributed by atoms with Crippen LogP contribution >= 0.6 is 0 Å². The van der Waals surface area contributed by atoms with E-state index in [1.807, 2.05) is 67.6 Å². The number of imidazole rings is 1. The van der Waals surface area contributed by atoms with E-state index in [0.29, 0.717) is 28.5 Å². The van der Waals surface area contributed by atoms with Gasteiger partial charge in [-0.1, -0.05) is 43.0 Å². The number of rotatable bonds is 3. The van der Waals surface area contributed by atoms with Crippen molar-refractivity contribution in [3.63, 3.8) is 0 Å². The van der Waals surface area contributed by atoms with Gasteiger partial charge in [-0.15, -0.1) is 0 Å². The first-order chi connectivity index (χ1) is 19.5. The van der Waals surface area contributed by atoms with Gasteiger partial charge in [-0.3, -0.25) is 19.1 Å². The van der Waals surface area contributed by atoms with Gasteiger partial charge in [-0.05, 0) is 48.5 Å². The molecule has 4 N–H and O–H groups in total. The molecule has 0 bridgehead atoms. The largest absolute Gasteiger partial charge is 0.382 e. The van der Waals surface area contributed by atoms with Gasteiger partial charge in [-0.2, -0.15) is 5.10 Å². The van der Waals surface area contributed by atoms with Crippen molar-refractivity contribution >= 4 is 28.3 Å². The Morgan fingerprint density at radius 2 is 1.68 bits per heavy atom. The van der Waals surface area contributed by atoms with Crippen molar-refractivity contribution in [2.45, 2.75) is 13.3 Å². The van der Waals surface area contributed by atoms with Gasteiger partial charge in [0.25, 0.3) is 11.5 Å². The van der Waals surface area contributed by atoms with Gasteiger partial charge >= 0.3 is 0 Å². The number of carbonyl (C=O) groups is 1. The predicted molar refractivity (Wildman–Crippen MR) is 153 cm³/mol. The topological polar surface area (TPSA) is 147 Å². The number of para-hydroxylation sites is 1. The van der Waals surface area contributed by atoms with Gasteiger partial charge in [0.1, 0.15) is 5.82 Å². The molecule has 0 saturated heterocycles. The summed E-state index contributed by atoms with van der Waals surface area (Å²) in [6.45, 7) is 2.00. The van der Waals surface area contributed by atoms with Crippen molar-refractivity contribution < 1.29 is 4.79 Å². The van der Waals surface area contributed by atoms with Crippen LogP contribution in [0.4, 0.5) is 5.82 Å². The van der Waals surface area contributed by atoms with Gasteiger partial charge in [-0.25, -0.2) is 14.5 Å². The normalized spacial score (nSPS) is 10.4.